The Kier molecular flexibility index (Phi) is 6.88. The van der Waals surface area contributed by atoms with E-state index in [9.17, 15) is 33.1 Å². The molecule has 1 aliphatic heterocycles. The van der Waals surface area contributed by atoms with Crippen LogP contribution in [0.1, 0.15) is 19.4 Å². The Balaban J connectivity index is 2.14. The molecular formula is C23H18Cl2F3N5O3. The van der Waals surface area contributed by atoms with E-state index in [4.69, 9.17) is 23.2 Å². The van der Waals surface area contributed by atoms with E-state index in [1.807, 2.05) is 6.07 Å². The first-order valence-electron chi connectivity index (χ1n) is 10.6. The zero-order chi connectivity index (χ0) is 26.4. The van der Waals surface area contributed by atoms with Gasteiger partial charge in [0.15, 0.2) is 0 Å². The van der Waals surface area contributed by atoms with Crippen LogP contribution in [0.2, 0.25) is 10.0 Å². The topological polar surface area (TPSA) is 104 Å². The lowest BCUT2D eigenvalue weighted by Gasteiger charge is -2.29. The van der Waals surface area contributed by atoms with Crippen LogP contribution in [0.15, 0.2) is 46.2 Å². The highest BCUT2D eigenvalue weighted by Gasteiger charge is 2.46. The van der Waals surface area contributed by atoms with E-state index in [0.717, 1.165) is 21.3 Å². The highest BCUT2D eigenvalue weighted by Crippen LogP contribution is 2.37. The number of β-amino-alcohol motifs (C(OH)–C–C–N with tert-alkyl or cyclic N) is 1. The molecule has 0 radical (unpaired) electrons. The van der Waals surface area contributed by atoms with E-state index in [-0.39, 0.29) is 45.6 Å². The van der Waals surface area contributed by atoms with Crippen LogP contribution in [0.4, 0.5) is 19.0 Å². The number of hydrogen-bond acceptors (Lipinski definition) is 6. The molecule has 13 heteroatoms. The quantitative estimate of drug-likeness (QED) is 0.528. The molecule has 1 aliphatic rings. The standard InChI is InChI=1S/C23H18Cl2F3N5O3/c1-12(8-29)32-19(31-5-4-23(36,11-31)21(27)28)18(13-2-3-17(26)16(25)6-13)20(34)33(22(32)35)15-7-14(24)9-30-10-15/h2-3,6-7,9-10,12,21,36H,4-5,11H2,1H3/t12-,23+/m1/s1. The number of nitrogens with zero attached hydrogens (tertiary/aromatic N) is 5. The Hall–Kier alpha value is -3.33. The van der Waals surface area contributed by atoms with Gasteiger partial charge >= 0.3 is 5.69 Å². The molecule has 8 nitrogen and oxygen atoms in total. The van der Waals surface area contributed by atoms with Crippen molar-refractivity contribution in [3.8, 4) is 22.9 Å². The predicted octanol–water partition coefficient (Wildman–Crippen LogP) is 3.80. The van der Waals surface area contributed by atoms with Crippen LogP contribution in [-0.2, 0) is 0 Å². The molecule has 2 atom stereocenters. The van der Waals surface area contributed by atoms with Crippen molar-refractivity contribution in [2.75, 3.05) is 18.0 Å². The van der Waals surface area contributed by atoms with Crippen molar-refractivity contribution in [3.63, 3.8) is 0 Å². The minimum Gasteiger partial charge on any atom is -0.382 e. The number of pyridine rings is 1. The first-order valence-corrected chi connectivity index (χ1v) is 11.4. The number of alkyl halides is 2. The number of anilines is 1. The van der Waals surface area contributed by atoms with E-state index in [2.05, 4.69) is 4.98 Å². The van der Waals surface area contributed by atoms with Gasteiger partial charge in [0.2, 0.25) is 0 Å². The van der Waals surface area contributed by atoms with Crippen molar-refractivity contribution < 1.29 is 18.3 Å². The summed E-state index contributed by atoms with van der Waals surface area (Å²) in [5.74, 6) is -0.946. The number of aromatic nitrogens is 3. The second kappa shape index (κ2) is 9.61. The predicted molar refractivity (Wildman–Crippen MR) is 128 cm³/mol. The summed E-state index contributed by atoms with van der Waals surface area (Å²) in [4.78, 5) is 32.7. The Morgan fingerprint density at radius 2 is 1.94 bits per heavy atom. The molecule has 4 rings (SSSR count). The van der Waals surface area contributed by atoms with E-state index in [1.54, 1.807) is 0 Å². The maximum atomic E-state index is 14.0. The zero-order valence-corrected chi connectivity index (χ0v) is 20.1. The molecular weight excluding hydrogens is 522 g/mol. The van der Waals surface area contributed by atoms with E-state index < -0.39 is 41.7 Å². The molecule has 0 aliphatic carbocycles. The van der Waals surface area contributed by atoms with E-state index in [1.165, 1.54) is 36.4 Å². The average molecular weight is 540 g/mol. The number of halogens is 5. The Morgan fingerprint density at radius 1 is 1.22 bits per heavy atom. The monoisotopic (exact) mass is 539 g/mol. The summed E-state index contributed by atoms with van der Waals surface area (Å²) >= 11 is 12.0. The van der Waals surface area contributed by atoms with Gasteiger partial charge in [-0.05, 0) is 30.7 Å². The molecule has 0 spiro atoms. The molecule has 36 heavy (non-hydrogen) atoms. The Labute approximate surface area is 212 Å². The van der Waals surface area contributed by atoms with Gasteiger partial charge in [0.25, 0.3) is 12.0 Å². The fourth-order valence-electron chi connectivity index (χ4n) is 4.16. The van der Waals surface area contributed by atoms with Gasteiger partial charge in [-0.2, -0.15) is 5.26 Å². The fourth-order valence-corrected chi connectivity index (χ4v) is 4.51. The zero-order valence-electron chi connectivity index (χ0n) is 18.6. The molecule has 0 amide bonds. The molecule has 1 fully saturated rings. The van der Waals surface area contributed by atoms with Gasteiger partial charge < -0.3 is 10.0 Å². The van der Waals surface area contributed by atoms with E-state index in [0.29, 0.717) is 0 Å². The SMILES string of the molecule is C[C@H](C#N)n1c(N2CC[C@@](O)(C(F)F)C2)c(-c2ccc(F)c(Cl)c2)c(=O)n(-c2cncc(Cl)c2)c1=O. The molecule has 1 N–H and O–H groups in total. The normalized spacial score (nSPS) is 18.5. The van der Waals surface area contributed by atoms with Gasteiger partial charge in [-0.1, -0.05) is 29.3 Å². The molecule has 0 unspecified atom stereocenters. The van der Waals surface area contributed by atoms with Crippen LogP contribution >= 0.6 is 23.2 Å². The van der Waals surface area contributed by atoms with Crippen molar-refractivity contribution in [2.24, 2.45) is 0 Å². The molecule has 1 aromatic carbocycles. The lowest BCUT2D eigenvalue weighted by Crippen LogP contribution is -2.46. The van der Waals surface area contributed by atoms with Gasteiger partial charge in [-0.15, -0.1) is 0 Å². The summed E-state index contributed by atoms with van der Waals surface area (Å²) in [6.45, 7) is 0.613. The van der Waals surface area contributed by atoms with Gasteiger partial charge in [-0.25, -0.2) is 22.5 Å². The second-order valence-electron chi connectivity index (χ2n) is 8.36. The van der Waals surface area contributed by atoms with Crippen LogP contribution in [0, 0.1) is 17.1 Å². The second-order valence-corrected chi connectivity index (χ2v) is 9.21. The highest BCUT2D eigenvalue weighted by molar-refractivity contribution is 6.31. The van der Waals surface area contributed by atoms with Crippen molar-refractivity contribution >= 4 is 29.0 Å². The summed E-state index contributed by atoms with van der Waals surface area (Å²) in [5, 5.41) is 19.9. The first-order chi connectivity index (χ1) is 17.0. The van der Waals surface area contributed by atoms with Crippen LogP contribution in [-0.4, -0.2) is 44.3 Å². The number of rotatable bonds is 5. The third-order valence-corrected chi connectivity index (χ3v) is 6.48. The Morgan fingerprint density at radius 3 is 2.53 bits per heavy atom. The molecule has 3 aromatic rings. The summed E-state index contributed by atoms with van der Waals surface area (Å²) in [6.07, 6.45) is -0.956. The maximum Gasteiger partial charge on any atom is 0.338 e. The number of benzene rings is 1. The summed E-state index contributed by atoms with van der Waals surface area (Å²) in [7, 11) is 0. The largest absolute Gasteiger partial charge is 0.382 e. The molecule has 2 aromatic heterocycles. The fraction of sp³-hybridized carbons (Fsp3) is 0.304. The van der Waals surface area contributed by atoms with Gasteiger partial charge in [0.05, 0.1) is 40.1 Å². The minimum atomic E-state index is -3.10. The molecule has 1 saturated heterocycles. The average Bonchev–Trinajstić information content (AvgIpc) is 3.23. The van der Waals surface area contributed by atoms with Gasteiger partial charge in [-0.3, -0.25) is 14.3 Å². The van der Waals surface area contributed by atoms with Crippen molar-refractivity contribution in [1.82, 2.24) is 14.1 Å². The Bertz CT molecular complexity index is 1500. The molecule has 188 valence electrons. The van der Waals surface area contributed by atoms with Crippen molar-refractivity contribution in [1.29, 1.82) is 5.26 Å². The summed E-state index contributed by atoms with van der Waals surface area (Å²) in [6, 6.07) is 5.45. The lowest BCUT2D eigenvalue weighted by molar-refractivity contribution is -0.0801. The highest BCUT2D eigenvalue weighted by atomic mass is 35.5. The summed E-state index contributed by atoms with van der Waals surface area (Å²) < 4.78 is 42.9. The van der Waals surface area contributed by atoms with Crippen LogP contribution in [0.3, 0.4) is 0 Å². The van der Waals surface area contributed by atoms with Crippen molar-refractivity contribution in [2.45, 2.75) is 31.4 Å². The smallest absolute Gasteiger partial charge is 0.338 e. The van der Waals surface area contributed by atoms with Crippen molar-refractivity contribution in [3.05, 3.63) is 73.4 Å². The van der Waals surface area contributed by atoms with Crippen LogP contribution in [0.5, 0.6) is 0 Å². The maximum absolute atomic E-state index is 14.0. The van der Waals surface area contributed by atoms with Crippen LogP contribution < -0.4 is 16.1 Å². The van der Waals surface area contributed by atoms with E-state index >= 15 is 0 Å². The number of hydrogen-bond donors (Lipinski definition) is 1. The third-order valence-electron chi connectivity index (χ3n) is 5.98. The van der Waals surface area contributed by atoms with Crippen LogP contribution in [0.25, 0.3) is 16.8 Å². The molecule has 3 heterocycles. The third kappa shape index (κ3) is 4.36. The minimum absolute atomic E-state index is 0.0112. The van der Waals surface area contributed by atoms with Gasteiger partial charge in [0, 0.05) is 19.2 Å². The first kappa shape index (κ1) is 25.8. The number of aliphatic hydroxyl groups is 1. The van der Waals surface area contributed by atoms with Gasteiger partial charge in [0.1, 0.15) is 23.3 Å². The lowest BCUT2D eigenvalue weighted by atomic mass is 10.0. The summed E-state index contributed by atoms with van der Waals surface area (Å²) in [5.41, 5.74) is -4.43. The number of nitriles is 1. The molecule has 0 saturated carbocycles. The molecule has 0 bridgehead atoms.